The Balaban J connectivity index is 2.17. The molecule has 1 atom stereocenters. The molecule has 2 rings (SSSR count). The number of aromatic carboxylic acids is 1. The molecule has 1 aliphatic rings. The molecule has 0 bridgehead atoms. The molecule has 1 saturated heterocycles. The number of carboxylic acid groups (broad SMARTS) is 1. The molecule has 1 fully saturated rings. The van der Waals surface area contributed by atoms with E-state index in [1.807, 2.05) is 0 Å². The molecule has 3 N–H and O–H groups in total. The predicted octanol–water partition coefficient (Wildman–Crippen LogP) is 0.370. The van der Waals surface area contributed by atoms with Crippen molar-refractivity contribution < 1.29 is 24.9 Å². The van der Waals surface area contributed by atoms with Gasteiger partial charge in [-0.05, 0) is 30.7 Å². The Labute approximate surface area is 122 Å². The first-order chi connectivity index (χ1) is 10.0. The molecule has 7 heteroatoms. The highest BCUT2D eigenvalue weighted by atomic mass is 16.4. The lowest BCUT2D eigenvalue weighted by atomic mass is 10.2. The lowest BCUT2D eigenvalue weighted by molar-refractivity contribution is 0.0697. The third kappa shape index (κ3) is 3.50. The van der Waals surface area contributed by atoms with E-state index in [2.05, 4.69) is 0 Å². The Bertz CT molecular complexity index is 517. The van der Waals surface area contributed by atoms with E-state index in [1.165, 1.54) is 34.1 Å². The first-order valence-electron chi connectivity index (χ1n) is 6.71. The number of urea groups is 1. The largest absolute Gasteiger partial charge is 0.478 e. The summed E-state index contributed by atoms with van der Waals surface area (Å²) in [6.45, 7) is 0.643. The number of rotatable bonds is 4. The van der Waals surface area contributed by atoms with E-state index in [1.54, 1.807) is 0 Å². The molecular weight excluding hydrogens is 276 g/mol. The second kappa shape index (κ2) is 6.55. The van der Waals surface area contributed by atoms with Gasteiger partial charge in [0.2, 0.25) is 0 Å². The van der Waals surface area contributed by atoms with Gasteiger partial charge in [-0.2, -0.15) is 0 Å². The van der Waals surface area contributed by atoms with Crippen LogP contribution in [0.2, 0.25) is 0 Å². The molecule has 1 unspecified atom stereocenters. The van der Waals surface area contributed by atoms with E-state index in [-0.39, 0.29) is 31.3 Å². The van der Waals surface area contributed by atoms with Gasteiger partial charge >= 0.3 is 12.0 Å². The first kappa shape index (κ1) is 15.3. The summed E-state index contributed by atoms with van der Waals surface area (Å²) in [5.41, 5.74) is 0.646. The van der Waals surface area contributed by atoms with E-state index in [9.17, 15) is 14.7 Å². The molecular formula is C14H18N2O5. The van der Waals surface area contributed by atoms with Crippen molar-refractivity contribution in [1.29, 1.82) is 0 Å². The molecule has 0 aromatic heterocycles. The standard InChI is InChI=1S/C14H18N2O5/c17-8-7-16(14(21)15-6-5-12(18)9-15)11-3-1-10(2-4-11)13(19)20/h1-4,12,17-18H,5-9H2,(H,19,20). The molecule has 0 saturated carbocycles. The van der Waals surface area contributed by atoms with Crippen LogP contribution in [-0.2, 0) is 0 Å². The summed E-state index contributed by atoms with van der Waals surface area (Å²) in [5.74, 6) is -1.04. The second-order valence-electron chi connectivity index (χ2n) is 4.90. The van der Waals surface area contributed by atoms with Gasteiger partial charge in [0.05, 0.1) is 24.8 Å². The topological polar surface area (TPSA) is 101 Å². The van der Waals surface area contributed by atoms with Crippen molar-refractivity contribution in [2.75, 3.05) is 31.1 Å². The maximum Gasteiger partial charge on any atom is 0.335 e. The molecule has 2 amide bonds. The zero-order valence-corrected chi connectivity index (χ0v) is 11.5. The summed E-state index contributed by atoms with van der Waals surface area (Å²) in [5, 5.41) is 27.5. The van der Waals surface area contributed by atoms with Gasteiger partial charge in [-0.15, -0.1) is 0 Å². The number of anilines is 1. The van der Waals surface area contributed by atoms with Crippen LogP contribution in [0.25, 0.3) is 0 Å². The molecule has 114 valence electrons. The number of β-amino-alcohol motifs (C(OH)–C–C–N with tert-alkyl or cyclic N) is 1. The van der Waals surface area contributed by atoms with Crippen LogP contribution in [0.4, 0.5) is 10.5 Å². The number of carbonyl (C=O) groups is 2. The number of amides is 2. The van der Waals surface area contributed by atoms with E-state index in [4.69, 9.17) is 10.2 Å². The molecule has 21 heavy (non-hydrogen) atoms. The number of aliphatic hydroxyl groups is 2. The lowest BCUT2D eigenvalue weighted by Gasteiger charge is -2.27. The molecule has 0 spiro atoms. The zero-order valence-electron chi connectivity index (χ0n) is 11.5. The number of aliphatic hydroxyl groups excluding tert-OH is 2. The number of carbonyl (C=O) groups excluding carboxylic acids is 1. The summed E-state index contributed by atoms with van der Waals surface area (Å²) in [6, 6.07) is 5.58. The average Bonchev–Trinajstić information content (AvgIpc) is 2.91. The van der Waals surface area contributed by atoms with Crippen LogP contribution in [0.5, 0.6) is 0 Å². The highest BCUT2D eigenvalue weighted by molar-refractivity contribution is 5.93. The van der Waals surface area contributed by atoms with Crippen molar-refractivity contribution in [3.05, 3.63) is 29.8 Å². The van der Waals surface area contributed by atoms with Crippen molar-refractivity contribution >= 4 is 17.7 Å². The van der Waals surface area contributed by atoms with Crippen molar-refractivity contribution in [2.24, 2.45) is 0 Å². The molecule has 1 aliphatic heterocycles. The minimum Gasteiger partial charge on any atom is -0.478 e. The van der Waals surface area contributed by atoms with E-state index in [0.29, 0.717) is 18.7 Å². The zero-order chi connectivity index (χ0) is 15.4. The van der Waals surface area contributed by atoms with Crippen LogP contribution in [0, 0.1) is 0 Å². The number of hydrogen-bond acceptors (Lipinski definition) is 4. The Kier molecular flexibility index (Phi) is 4.77. The van der Waals surface area contributed by atoms with Crippen molar-refractivity contribution in [2.45, 2.75) is 12.5 Å². The fourth-order valence-electron chi connectivity index (χ4n) is 2.31. The van der Waals surface area contributed by atoms with Gasteiger partial charge in [0, 0.05) is 18.8 Å². The molecule has 7 nitrogen and oxygen atoms in total. The normalized spacial score (nSPS) is 17.8. The number of benzene rings is 1. The van der Waals surface area contributed by atoms with Gasteiger partial charge in [0.15, 0.2) is 0 Å². The lowest BCUT2D eigenvalue weighted by Crippen LogP contribution is -2.44. The van der Waals surface area contributed by atoms with E-state index in [0.717, 1.165) is 0 Å². The van der Waals surface area contributed by atoms with Crippen molar-refractivity contribution in [3.63, 3.8) is 0 Å². The van der Waals surface area contributed by atoms with E-state index >= 15 is 0 Å². The fraction of sp³-hybridized carbons (Fsp3) is 0.429. The minimum absolute atomic E-state index is 0.109. The maximum absolute atomic E-state index is 12.4. The monoisotopic (exact) mass is 294 g/mol. The van der Waals surface area contributed by atoms with Crippen LogP contribution >= 0.6 is 0 Å². The fourth-order valence-corrected chi connectivity index (χ4v) is 2.31. The number of carboxylic acids is 1. The molecule has 1 heterocycles. The smallest absolute Gasteiger partial charge is 0.335 e. The van der Waals surface area contributed by atoms with Gasteiger partial charge in [-0.3, -0.25) is 4.90 Å². The summed E-state index contributed by atoms with van der Waals surface area (Å²) in [6.07, 6.45) is 0.0238. The maximum atomic E-state index is 12.4. The summed E-state index contributed by atoms with van der Waals surface area (Å²) in [4.78, 5) is 26.1. The highest BCUT2D eigenvalue weighted by Crippen LogP contribution is 2.19. The molecule has 1 aromatic rings. The summed E-state index contributed by atoms with van der Waals surface area (Å²) < 4.78 is 0. The number of nitrogens with zero attached hydrogens (tertiary/aromatic N) is 2. The Hall–Kier alpha value is -2.12. The van der Waals surface area contributed by atoms with Crippen molar-refractivity contribution in [1.82, 2.24) is 4.90 Å². The van der Waals surface area contributed by atoms with Gasteiger partial charge < -0.3 is 20.2 Å². The molecule has 0 aliphatic carbocycles. The summed E-state index contributed by atoms with van der Waals surface area (Å²) >= 11 is 0. The van der Waals surface area contributed by atoms with Crippen LogP contribution in [0.3, 0.4) is 0 Å². The third-order valence-corrected chi connectivity index (χ3v) is 3.41. The Morgan fingerprint density at radius 3 is 2.43 bits per heavy atom. The first-order valence-corrected chi connectivity index (χ1v) is 6.71. The number of likely N-dealkylation sites (tertiary alicyclic amines) is 1. The van der Waals surface area contributed by atoms with Crippen LogP contribution in [0.1, 0.15) is 16.8 Å². The van der Waals surface area contributed by atoms with E-state index < -0.39 is 12.1 Å². The van der Waals surface area contributed by atoms with Crippen LogP contribution in [-0.4, -0.2) is 64.6 Å². The Morgan fingerprint density at radius 1 is 1.29 bits per heavy atom. The van der Waals surface area contributed by atoms with Crippen molar-refractivity contribution in [3.8, 4) is 0 Å². The SMILES string of the molecule is O=C(O)c1ccc(N(CCO)C(=O)N2CCC(O)C2)cc1. The predicted molar refractivity (Wildman–Crippen MR) is 75.4 cm³/mol. The molecule has 0 radical (unpaired) electrons. The highest BCUT2D eigenvalue weighted by Gasteiger charge is 2.28. The summed E-state index contributed by atoms with van der Waals surface area (Å²) in [7, 11) is 0. The van der Waals surface area contributed by atoms with Gasteiger partial charge in [-0.1, -0.05) is 0 Å². The molecule has 1 aromatic carbocycles. The minimum atomic E-state index is -1.04. The van der Waals surface area contributed by atoms with Crippen LogP contribution < -0.4 is 4.90 Å². The second-order valence-corrected chi connectivity index (χ2v) is 4.90. The Morgan fingerprint density at radius 2 is 1.95 bits per heavy atom. The van der Waals surface area contributed by atoms with Gasteiger partial charge in [0.25, 0.3) is 0 Å². The van der Waals surface area contributed by atoms with Gasteiger partial charge in [0.1, 0.15) is 0 Å². The van der Waals surface area contributed by atoms with Crippen LogP contribution in [0.15, 0.2) is 24.3 Å². The third-order valence-electron chi connectivity index (χ3n) is 3.41. The average molecular weight is 294 g/mol. The number of hydrogen-bond donors (Lipinski definition) is 3. The van der Waals surface area contributed by atoms with Gasteiger partial charge in [-0.25, -0.2) is 9.59 Å². The quantitative estimate of drug-likeness (QED) is 0.745.